The molecule has 28 heavy (non-hydrogen) atoms. The molecule has 0 saturated carbocycles. The molecular formula is C20H12F3N3O2. The first-order valence-electron chi connectivity index (χ1n) is 8.21. The number of rotatable bonds is 4. The second-order valence-corrected chi connectivity index (χ2v) is 6.06. The zero-order valence-corrected chi connectivity index (χ0v) is 14.2. The van der Waals surface area contributed by atoms with Crippen molar-refractivity contribution in [3.63, 3.8) is 0 Å². The summed E-state index contributed by atoms with van der Waals surface area (Å²) >= 11 is 0. The molecule has 4 aromatic rings. The standard InChI is InChI=1S/C20H12F3N3O2/c21-14-7-6-11(8-12(14)20(27)28)15-9-13(18(22)23)16-17(25-26-19(16)24-15)10-4-2-1-3-5-10/h1-9,18H,(H,27,28)(H,24,25,26). The molecule has 2 N–H and O–H groups in total. The Kier molecular flexibility index (Phi) is 4.31. The number of benzene rings is 2. The molecule has 2 heterocycles. The summed E-state index contributed by atoms with van der Waals surface area (Å²) in [6.07, 6.45) is -2.82. The molecule has 0 fully saturated rings. The van der Waals surface area contributed by atoms with Gasteiger partial charge in [0.05, 0.1) is 22.3 Å². The third-order valence-corrected chi connectivity index (χ3v) is 4.34. The van der Waals surface area contributed by atoms with Crippen molar-refractivity contribution in [2.45, 2.75) is 6.43 Å². The van der Waals surface area contributed by atoms with Crippen molar-refractivity contribution in [3.8, 4) is 22.5 Å². The van der Waals surface area contributed by atoms with E-state index in [2.05, 4.69) is 15.2 Å². The summed E-state index contributed by atoms with van der Waals surface area (Å²) < 4.78 is 41.3. The van der Waals surface area contributed by atoms with Crippen molar-refractivity contribution >= 4 is 17.0 Å². The maximum absolute atomic E-state index is 13.8. The number of hydrogen-bond acceptors (Lipinski definition) is 3. The molecule has 0 aliphatic heterocycles. The van der Waals surface area contributed by atoms with Gasteiger partial charge in [0.2, 0.25) is 0 Å². The van der Waals surface area contributed by atoms with E-state index in [-0.39, 0.29) is 27.9 Å². The van der Waals surface area contributed by atoms with E-state index < -0.39 is 23.8 Å². The van der Waals surface area contributed by atoms with Gasteiger partial charge >= 0.3 is 5.97 Å². The fourth-order valence-corrected chi connectivity index (χ4v) is 3.03. The number of carboxylic acid groups (broad SMARTS) is 1. The average molecular weight is 383 g/mol. The molecule has 4 rings (SSSR count). The summed E-state index contributed by atoms with van der Waals surface area (Å²) in [6.45, 7) is 0. The van der Waals surface area contributed by atoms with E-state index in [4.69, 9.17) is 5.11 Å². The molecule has 0 atom stereocenters. The molecule has 5 nitrogen and oxygen atoms in total. The van der Waals surface area contributed by atoms with Crippen LogP contribution in [0.5, 0.6) is 0 Å². The SMILES string of the molecule is O=C(O)c1cc(-c2cc(C(F)F)c3c(-c4ccccc4)[nH]nc3n2)ccc1F. The van der Waals surface area contributed by atoms with Crippen molar-refractivity contribution in [1.82, 2.24) is 15.2 Å². The summed E-state index contributed by atoms with van der Waals surface area (Å²) in [5, 5.41) is 16.1. The lowest BCUT2D eigenvalue weighted by atomic mass is 10.0. The van der Waals surface area contributed by atoms with Crippen LogP contribution in [0.15, 0.2) is 54.6 Å². The van der Waals surface area contributed by atoms with E-state index in [9.17, 15) is 18.0 Å². The van der Waals surface area contributed by atoms with E-state index in [0.717, 1.165) is 12.1 Å². The summed E-state index contributed by atoms with van der Waals surface area (Å²) in [5.41, 5.74) is 0.571. The minimum atomic E-state index is -2.82. The van der Waals surface area contributed by atoms with Crippen LogP contribution in [0.1, 0.15) is 22.3 Å². The number of pyridine rings is 1. The van der Waals surface area contributed by atoms with Crippen LogP contribution in [0.2, 0.25) is 0 Å². The summed E-state index contributed by atoms with van der Waals surface area (Å²) in [6, 6.07) is 13.4. The van der Waals surface area contributed by atoms with Crippen LogP contribution in [0, 0.1) is 5.82 Å². The second kappa shape index (κ2) is 6.80. The van der Waals surface area contributed by atoms with Crippen LogP contribution in [-0.2, 0) is 0 Å². The number of alkyl halides is 2. The number of hydrogen-bond donors (Lipinski definition) is 2. The number of nitrogens with zero attached hydrogens (tertiary/aromatic N) is 2. The Morgan fingerprint density at radius 1 is 1.04 bits per heavy atom. The number of H-pyrrole nitrogens is 1. The van der Waals surface area contributed by atoms with E-state index in [1.54, 1.807) is 30.3 Å². The minimum absolute atomic E-state index is 0.0628. The maximum Gasteiger partial charge on any atom is 0.338 e. The molecule has 0 unspecified atom stereocenters. The normalized spacial score (nSPS) is 11.3. The quantitative estimate of drug-likeness (QED) is 0.516. The van der Waals surface area contributed by atoms with Gasteiger partial charge in [-0.25, -0.2) is 22.9 Å². The first-order chi connectivity index (χ1) is 13.5. The first-order valence-corrected chi connectivity index (χ1v) is 8.21. The topological polar surface area (TPSA) is 78.9 Å². The van der Waals surface area contributed by atoms with Gasteiger partial charge < -0.3 is 5.11 Å². The van der Waals surface area contributed by atoms with Gasteiger partial charge in [-0.15, -0.1) is 0 Å². The van der Waals surface area contributed by atoms with Gasteiger partial charge in [0.25, 0.3) is 6.43 Å². The second-order valence-electron chi connectivity index (χ2n) is 6.06. The first kappa shape index (κ1) is 17.7. The molecule has 0 radical (unpaired) electrons. The fraction of sp³-hybridized carbons (Fsp3) is 0.0500. The largest absolute Gasteiger partial charge is 0.478 e. The van der Waals surface area contributed by atoms with Crippen molar-refractivity contribution in [3.05, 3.63) is 71.5 Å². The predicted molar refractivity (Wildman–Crippen MR) is 96.6 cm³/mol. The summed E-state index contributed by atoms with van der Waals surface area (Å²) in [5.74, 6) is -2.38. The van der Waals surface area contributed by atoms with E-state index in [1.807, 2.05) is 0 Å². The van der Waals surface area contributed by atoms with Gasteiger partial charge in [-0.1, -0.05) is 30.3 Å². The Labute approximate surface area is 156 Å². The fourth-order valence-electron chi connectivity index (χ4n) is 3.03. The summed E-state index contributed by atoms with van der Waals surface area (Å²) in [4.78, 5) is 15.4. The molecule has 0 amide bonds. The van der Waals surface area contributed by atoms with Gasteiger partial charge in [0.1, 0.15) is 5.82 Å². The van der Waals surface area contributed by atoms with E-state index in [1.165, 1.54) is 12.1 Å². The van der Waals surface area contributed by atoms with Crippen LogP contribution in [0.25, 0.3) is 33.5 Å². The molecule has 0 saturated heterocycles. The lowest BCUT2D eigenvalue weighted by Crippen LogP contribution is -2.01. The number of aromatic nitrogens is 3. The summed E-state index contributed by atoms with van der Waals surface area (Å²) in [7, 11) is 0. The lowest BCUT2D eigenvalue weighted by Gasteiger charge is -2.09. The molecule has 2 aromatic carbocycles. The Balaban J connectivity index is 1.94. The Morgan fingerprint density at radius 3 is 2.46 bits per heavy atom. The van der Waals surface area contributed by atoms with Gasteiger partial charge in [-0.05, 0) is 24.3 Å². The van der Waals surface area contributed by atoms with Gasteiger partial charge in [-0.3, -0.25) is 5.10 Å². The third kappa shape index (κ3) is 2.98. The number of carboxylic acids is 1. The van der Waals surface area contributed by atoms with Gasteiger partial charge in [0, 0.05) is 16.7 Å². The zero-order chi connectivity index (χ0) is 19.8. The average Bonchev–Trinajstić information content (AvgIpc) is 3.12. The molecule has 2 aromatic heterocycles. The predicted octanol–water partition coefficient (Wildman–Crippen LogP) is 5.07. The van der Waals surface area contributed by atoms with E-state index >= 15 is 0 Å². The Morgan fingerprint density at radius 2 is 1.79 bits per heavy atom. The van der Waals surface area contributed by atoms with Crippen LogP contribution < -0.4 is 0 Å². The van der Waals surface area contributed by atoms with Crippen LogP contribution >= 0.6 is 0 Å². The maximum atomic E-state index is 13.8. The third-order valence-electron chi connectivity index (χ3n) is 4.34. The molecule has 0 aliphatic rings. The van der Waals surface area contributed by atoms with Gasteiger partial charge in [0.15, 0.2) is 5.65 Å². The number of halogens is 3. The monoisotopic (exact) mass is 383 g/mol. The van der Waals surface area contributed by atoms with Crippen molar-refractivity contribution in [2.24, 2.45) is 0 Å². The number of aromatic carboxylic acids is 1. The van der Waals surface area contributed by atoms with Crippen molar-refractivity contribution < 1.29 is 23.1 Å². The highest BCUT2D eigenvalue weighted by Crippen LogP contribution is 2.36. The minimum Gasteiger partial charge on any atom is -0.478 e. The van der Waals surface area contributed by atoms with Crippen LogP contribution in [-0.4, -0.2) is 26.3 Å². The highest BCUT2D eigenvalue weighted by Gasteiger charge is 2.22. The number of carbonyl (C=O) groups is 1. The smallest absolute Gasteiger partial charge is 0.338 e. The number of aromatic amines is 1. The van der Waals surface area contributed by atoms with Gasteiger partial charge in [-0.2, -0.15) is 5.10 Å². The molecule has 140 valence electrons. The van der Waals surface area contributed by atoms with E-state index in [0.29, 0.717) is 11.3 Å². The molecule has 0 aliphatic carbocycles. The lowest BCUT2D eigenvalue weighted by molar-refractivity contribution is 0.0692. The highest BCUT2D eigenvalue weighted by molar-refractivity contribution is 5.95. The highest BCUT2D eigenvalue weighted by atomic mass is 19.3. The molecule has 0 bridgehead atoms. The molecule has 0 spiro atoms. The van der Waals surface area contributed by atoms with Crippen molar-refractivity contribution in [1.29, 1.82) is 0 Å². The number of fused-ring (bicyclic) bond motifs is 1. The Hall–Kier alpha value is -3.68. The number of nitrogens with one attached hydrogen (secondary N) is 1. The zero-order valence-electron chi connectivity index (χ0n) is 14.2. The Bertz CT molecular complexity index is 1190. The molecular weight excluding hydrogens is 371 g/mol. The van der Waals surface area contributed by atoms with Crippen LogP contribution in [0.4, 0.5) is 13.2 Å². The van der Waals surface area contributed by atoms with Crippen LogP contribution in [0.3, 0.4) is 0 Å². The van der Waals surface area contributed by atoms with Crippen molar-refractivity contribution in [2.75, 3.05) is 0 Å². The molecule has 8 heteroatoms.